The molecular weight excluding hydrogens is 406 g/mol. The van der Waals surface area contributed by atoms with Crippen LogP contribution in [-0.2, 0) is 4.74 Å². The zero-order chi connectivity index (χ0) is 23.6. The fourth-order valence-corrected chi connectivity index (χ4v) is 4.24. The molecule has 1 aromatic heterocycles. The van der Waals surface area contributed by atoms with Crippen LogP contribution >= 0.6 is 0 Å². The number of nitrogens with zero attached hydrogens (tertiary/aromatic N) is 2. The Balaban J connectivity index is 1.75. The van der Waals surface area contributed by atoms with Gasteiger partial charge in [-0.05, 0) is 78.0 Å². The van der Waals surface area contributed by atoms with Gasteiger partial charge >= 0.3 is 6.09 Å². The van der Waals surface area contributed by atoms with Crippen molar-refractivity contribution < 1.29 is 14.3 Å². The van der Waals surface area contributed by atoms with Crippen molar-refractivity contribution in [3.05, 3.63) is 45.7 Å². The molecule has 2 heterocycles. The molecule has 1 saturated heterocycles. The Morgan fingerprint density at radius 1 is 1.25 bits per heavy atom. The third-order valence-electron chi connectivity index (χ3n) is 5.78. The van der Waals surface area contributed by atoms with Gasteiger partial charge in [-0.25, -0.2) is 4.79 Å². The van der Waals surface area contributed by atoms with E-state index < -0.39 is 5.60 Å². The summed E-state index contributed by atoms with van der Waals surface area (Å²) in [5.74, 6) is -0.251. The zero-order valence-corrected chi connectivity index (χ0v) is 20.0. The van der Waals surface area contributed by atoms with E-state index in [1.54, 1.807) is 15.5 Å². The van der Waals surface area contributed by atoms with E-state index in [2.05, 4.69) is 5.32 Å². The van der Waals surface area contributed by atoms with E-state index in [1.807, 2.05) is 59.7 Å². The second-order valence-electron chi connectivity index (χ2n) is 9.98. The molecule has 2 amide bonds. The molecule has 1 aromatic carbocycles. The lowest BCUT2D eigenvalue weighted by Crippen LogP contribution is -2.46. The normalized spacial score (nSPS) is 17.0. The molecule has 174 valence electrons. The monoisotopic (exact) mass is 441 g/mol. The summed E-state index contributed by atoms with van der Waals surface area (Å²) in [6.45, 7) is 13.0. The van der Waals surface area contributed by atoms with Crippen LogP contribution in [-0.4, -0.2) is 46.7 Å². The number of hydrogen-bond donors (Lipinski definition) is 1. The van der Waals surface area contributed by atoms with Crippen molar-refractivity contribution in [2.45, 2.75) is 66.0 Å². The first-order valence-electron chi connectivity index (χ1n) is 11.4. The highest BCUT2D eigenvalue weighted by Crippen LogP contribution is 2.22. The van der Waals surface area contributed by atoms with Crippen LogP contribution in [0.5, 0.6) is 0 Å². The molecule has 0 spiro atoms. The second-order valence-corrected chi connectivity index (χ2v) is 9.98. The van der Waals surface area contributed by atoms with Crippen molar-refractivity contribution in [3.8, 4) is 0 Å². The Hall–Kier alpha value is -2.83. The average Bonchev–Trinajstić information content (AvgIpc) is 2.70. The number of aryl methyl sites for hydroxylation is 1. The molecule has 0 saturated carbocycles. The third-order valence-corrected chi connectivity index (χ3v) is 5.78. The average molecular weight is 442 g/mol. The number of ether oxygens (including phenoxy) is 1. The van der Waals surface area contributed by atoms with Crippen molar-refractivity contribution in [2.75, 3.05) is 19.6 Å². The highest BCUT2D eigenvalue weighted by Gasteiger charge is 2.28. The van der Waals surface area contributed by atoms with Gasteiger partial charge in [0.25, 0.3) is 11.5 Å². The van der Waals surface area contributed by atoms with Gasteiger partial charge in [-0.1, -0.05) is 12.1 Å². The Bertz CT molecular complexity index is 1070. The van der Waals surface area contributed by atoms with Crippen molar-refractivity contribution in [1.82, 2.24) is 14.8 Å². The van der Waals surface area contributed by atoms with Crippen molar-refractivity contribution in [2.24, 2.45) is 5.92 Å². The van der Waals surface area contributed by atoms with Gasteiger partial charge in [0.1, 0.15) is 11.2 Å². The van der Waals surface area contributed by atoms with Gasteiger partial charge in [-0.2, -0.15) is 0 Å². The molecular formula is C25H35N3O4. The van der Waals surface area contributed by atoms with E-state index in [-0.39, 0.29) is 35.1 Å². The van der Waals surface area contributed by atoms with Crippen LogP contribution in [0.3, 0.4) is 0 Å². The van der Waals surface area contributed by atoms with E-state index in [4.69, 9.17) is 4.74 Å². The van der Waals surface area contributed by atoms with Gasteiger partial charge in [-0.15, -0.1) is 0 Å². The summed E-state index contributed by atoms with van der Waals surface area (Å²) in [6.07, 6.45) is 1.44. The summed E-state index contributed by atoms with van der Waals surface area (Å²) >= 11 is 0. The quantitative estimate of drug-likeness (QED) is 0.768. The number of nitrogens with one attached hydrogen (secondary N) is 1. The molecule has 1 unspecified atom stereocenters. The summed E-state index contributed by atoms with van der Waals surface area (Å²) in [6, 6.07) is 7.45. The minimum atomic E-state index is -0.539. The molecule has 0 radical (unpaired) electrons. The lowest BCUT2D eigenvalue weighted by atomic mass is 9.98. The Morgan fingerprint density at radius 2 is 1.97 bits per heavy atom. The molecule has 7 nitrogen and oxygen atoms in total. The fourth-order valence-electron chi connectivity index (χ4n) is 4.24. The molecule has 1 aliphatic heterocycles. The third kappa shape index (κ3) is 5.31. The summed E-state index contributed by atoms with van der Waals surface area (Å²) in [5.41, 5.74) is 1.19. The molecule has 1 aliphatic rings. The number of hydrogen-bond acceptors (Lipinski definition) is 4. The van der Waals surface area contributed by atoms with E-state index >= 15 is 0 Å². The van der Waals surface area contributed by atoms with Crippen LogP contribution in [0.4, 0.5) is 4.79 Å². The first-order valence-corrected chi connectivity index (χ1v) is 11.4. The molecule has 32 heavy (non-hydrogen) atoms. The number of fused-ring (bicyclic) bond motifs is 1. The van der Waals surface area contributed by atoms with Crippen LogP contribution in [0, 0.1) is 12.8 Å². The largest absolute Gasteiger partial charge is 0.444 e. The fraction of sp³-hybridized carbons (Fsp3) is 0.560. The first kappa shape index (κ1) is 23.8. The van der Waals surface area contributed by atoms with Crippen LogP contribution in [0.25, 0.3) is 10.9 Å². The van der Waals surface area contributed by atoms with Gasteiger partial charge in [0.2, 0.25) is 0 Å². The number of carbonyl (C=O) groups excluding carboxylic acids is 2. The highest BCUT2D eigenvalue weighted by molar-refractivity contribution is 5.98. The van der Waals surface area contributed by atoms with Crippen molar-refractivity contribution >= 4 is 22.9 Å². The summed E-state index contributed by atoms with van der Waals surface area (Å²) < 4.78 is 7.16. The molecule has 0 aliphatic carbocycles. The van der Waals surface area contributed by atoms with Gasteiger partial charge in [0.05, 0.1) is 5.52 Å². The Morgan fingerprint density at radius 3 is 2.62 bits per heavy atom. The van der Waals surface area contributed by atoms with Crippen molar-refractivity contribution in [3.63, 3.8) is 0 Å². The SMILES string of the molecule is Cc1cccc2c1cc(C(=O)NCC1CCCN(C(=O)OC(C)(C)C)C1)c(=O)n2C(C)C. The maximum atomic E-state index is 13.1. The van der Waals surface area contributed by atoms with Gasteiger partial charge < -0.3 is 19.5 Å². The molecule has 1 fully saturated rings. The minimum absolute atomic E-state index is 0.0692. The van der Waals surface area contributed by atoms with Gasteiger partial charge in [0.15, 0.2) is 0 Å². The van der Waals surface area contributed by atoms with Crippen molar-refractivity contribution in [1.29, 1.82) is 0 Å². The first-order chi connectivity index (χ1) is 15.0. The summed E-state index contributed by atoms with van der Waals surface area (Å²) in [5, 5.41) is 3.84. The van der Waals surface area contributed by atoms with E-state index in [1.165, 1.54) is 0 Å². The molecule has 3 rings (SSSR count). The van der Waals surface area contributed by atoms with E-state index in [0.29, 0.717) is 19.6 Å². The number of rotatable bonds is 4. The predicted octanol–water partition coefficient (Wildman–Crippen LogP) is 4.27. The van der Waals surface area contributed by atoms with Crippen LogP contribution in [0.2, 0.25) is 0 Å². The molecule has 1 atom stereocenters. The predicted molar refractivity (Wildman–Crippen MR) is 126 cm³/mol. The highest BCUT2D eigenvalue weighted by atomic mass is 16.6. The Kier molecular flexibility index (Phi) is 6.96. The standard InChI is InChI=1S/C25H35N3O4/c1-16(2)28-21-11-7-9-17(3)19(21)13-20(23(28)30)22(29)26-14-18-10-8-12-27(15-18)24(31)32-25(4,5)6/h7,9,11,13,16,18H,8,10,12,14-15H2,1-6H3,(H,26,29). The number of benzene rings is 1. The number of piperidine rings is 1. The topological polar surface area (TPSA) is 80.6 Å². The smallest absolute Gasteiger partial charge is 0.410 e. The molecule has 2 aromatic rings. The number of aromatic nitrogens is 1. The van der Waals surface area contributed by atoms with E-state index in [9.17, 15) is 14.4 Å². The van der Waals surface area contributed by atoms with Crippen LogP contribution in [0.1, 0.15) is 69.4 Å². The molecule has 1 N–H and O–H groups in total. The summed E-state index contributed by atoms with van der Waals surface area (Å²) in [4.78, 5) is 40.2. The maximum absolute atomic E-state index is 13.1. The molecule has 0 bridgehead atoms. The number of likely N-dealkylation sites (tertiary alicyclic amines) is 1. The number of carbonyl (C=O) groups is 2. The van der Waals surface area contributed by atoms with Gasteiger partial charge in [0, 0.05) is 31.1 Å². The number of amides is 2. The lowest BCUT2D eigenvalue weighted by Gasteiger charge is -2.34. The minimum Gasteiger partial charge on any atom is -0.444 e. The van der Waals surface area contributed by atoms with Crippen LogP contribution < -0.4 is 10.9 Å². The molecule has 7 heteroatoms. The lowest BCUT2D eigenvalue weighted by molar-refractivity contribution is 0.0167. The number of pyridine rings is 1. The van der Waals surface area contributed by atoms with Crippen LogP contribution in [0.15, 0.2) is 29.1 Å². The van der Waals surface area contributed by atoms with Gasteiger partial charge in [-0.3, -0.25) is 9.59 Å². The Labute approximate surface area is 189 Å². The maximum Gasteiger partial charge on any atom is 0.410 e. The zero-order valence-electron chi connectivity index (χ0n) is 20.0. The summed E-state index contributed by atoms with van der Waals surface area (Å²) in [7, 11) is 0. The second kappa shape index (κ2) is 9.35. The van der Waals surface area contributed by atoms with E-state index in [0.717, 1.165) is 29.3 Å².